The molecule has 0 amide bonds. The third-order valence-electron chi connectivity index (χ3n) is 4.44. The first kappa shape index (κ1) is 19.7. The fourth-order valence-electron chi connectivity index (χ4n) is 2.43. The summed E-state index contributed by atoms with van der Waals surface area (Å²) in [5, 5.41) is 0. The van der Waals surface area contributed by atoms with Crippen LogP contribution in [-0.4, -0.2) is 0 Å². The van der Waals surface area contributed by atoms with E-state index in [-0.39, 0.29) is 0 Å². The van der Waals surface area contributed by atoms with Gasteiger partial charge in [-0.2, -0.15) is 0 Å². The zero-order valence-electron chi connectivity index (χ0n) is 15.1. The molecule has 0 aromatic carbocycles. The second kappa shape index (κ2) is 12.5. The van der Waals surface area contributed by atoms with Crippen molar-refractivity contribution >= 4 is 0 Å². The van der Waals surface area contributed by atoms with Gasteiger partial charge in [0.15, 0.2) is 0 Å². The van der Waals surface area contributed by atoms with E-state index in [1.165, 1.54) is 77.0 Å². The Morgan fingerprint density at radius 2 is 1.10 bits per heavy atom. The molecule has 0 atom stereocenters. The lowest BCUT2D eigenvalue weighted by molar-refractivity contribution is 0.499. The molecular weight excluding hydrogens is 240 g/mol. The zero-order chi connectivity index (χ0) is 15.3. The lowest BCUT2D eigenvalue weighted by Crippen LogP contribution is -2.06. The molecule has 0 aromatic rings. The molecule has 0 aliphatic rings. The molecule has 0 unspecified atom stereocenters. The molecule has 0 saturated heterocycles. The zero-order valence-corrected chi connectivity index (χ0v) is 15.1. The van der Waals surface area contributed by atoms with E-state index in [1.54, 1.807) is 5.57 Å². The minimum Gasteiger partial charge on any atom is -0.0851 e. The molecule has 0 aliphatic carbocycles. The average molecular weight is 281 g/mol. The third-order valence-corrected chi connectivity index (χ3v) is 4.44. The first-order valence-corrected chi connectivity index (χ1v) is 9.15. The van der Waals surface area contributed by atoms with Crippen LogP contribution in [0, 0.1) is 5.41 Å². The van der Waals surface area contributed by atoms with E-state index >= 15 is 0 Å². The van der Waals surface area contributed by atoms with Gasteiger partial charge in [-0.05, 0) is 25.2 Å². The van der Waals surface area contributed by atoms with Gasteiger partial charge < -0.3 is 0 Å². The summed E-state index contributed by atoms with van der Waals surface area (Å²) in [5.74, 6) is 0. The Morgan fingerprint density at radius 3 is 1.50 bits per heavy atom. The van der Waals surface area contributed by atoms with Crippen molar-refractivity contribution in [2.45, 2.75) is 112 Å². The van der Waals surface area contributed by atoms with Crippen LogP contribution in [0.3, 0.4) is 0 Å². The van der Waals surface area contributed by atoms with Gasteiger partial charge in [-0.25, -0.2) is 0 Å². The molecule has 0 nitrogen and oxygen atoms in total. The maximum Gasteiger partial charge on any atom is -0.0176 e. The molecule has 0 N–H and O–H groups in total. The summed E-state index contributed by atoms with van der Waals surface area (Å²) in [6, 6.07) is 0. The average Bonchev–Trinajstić information content (AvgIpc) is 2.38. The maximum atomic E-state index is 2.45. The molecule has 0 spiro atoms. The number of rotatable bonds is 12. The highest BCUT2D eigenvalue weighted by atomic mass is 14.2. The molecule has 0 saturated carbocycles. The summed E-state index contributed by atoms with van der Waals surface area (Å²) in [6.45, 7) is 11.5. The molecule has 0 fully saturated rings. The lowest BCUT2D eigenvalue weighted by Gasteiger charge is -2.19. The van der Waals surface area contributed by atoms with E-state index in [0.29, 0.717) is 5.41 Å². The van der Waals surface area contributed by atoms with Crippen LogP contribution in [-0.2, 0) is 0 Å². The van der Waals surface area contributed by atoms with Crippen molar-refractivity contribution in [1.29, 1.82) is 0 Å². The van der Waals surface area contributed by atoms with Crippen LogP contribution < -0.4 is 0 Å². The monoisotopic (exact) mass is 280 g/mol. The Morgan fingerprint density at radius 1 is 0.700 bits per heavy atom. The van der Waals surface area contributed by atoms with Crippen LogP contribution >= 0.6 is 0 Å². The molecule has 0 aromatic heterocycles. The fraction of sp³-hybridized carbons (Fsp3) is 0.900. The van der Waals surface area contributed by atoms with Crippen molar-refractivity contribution in [2.24, 2.45) is 5.41 Å². The largest absolute Gasteiger partial charge is 0.0851 e. The Hall–Kier alpha value is -0.260. The molecule has 0 rings (SSSR count). The van der Waals surface area contributed by atoms with Crippen molar-refractivity contribution in [3.8, 4) is 0 Å². The molecular formula is C20H40. The summed E-state index contributed by atoms with van der Waals surface area (Å²) in [5.41, 5.74) is 1.90. The Kier molecular flexibility index (Phi) is 12.3. The minimum absolute atomic E-state index is 0.359. The fourth-order valence-corrected chi connectivity index (χ4v) is 2.43. The second-order valence-corrected chi connectivity index (χ2v) is 7.46. The second-order valence-electron chi connectivity index (χ2n) is 7.46. The quantitative estimate of drug-likeness (QED) is 0.254. The minimum atomic E-state index is 0.359. The van der Waals surface area contributed by atoms with E-state index in [2.05, 4.69) is 40.7 Å². The van der Waals surface area contributed by atoms with Gasteiger partial charge in [0.2, 0.25) is 0 Å². The molecule has 0 heterocycles. The van der Waals surface area contributed by atoms with Gasteiger partial charge in [0.1, 0.15) is 0 Å². The number of hydrogen-bond acceptors (Lipinski definition) is 0. The van der Waals surface area contributed by atoms with Crippen molar-refractivity contribution in [1.82, 2.24) is 0 Å². The molecule has 120 valence electrons. The van der Waals surface area contributed by atoms with E-state index < -0.39 is 0 Å². The van der Waals surface area contributed by atoms with E-state index in [9.17, 15) is 0 Å². The molecule has 0 bridgehead atoms. The topological polar surface area (TPSA) is 0 Å². The van der Waals surface area contributed by atoms with Gasteiger partial charge in [-0.3, -0.25) is 0 Å². The summed E-state index contributed by atoms with van der Waals surface area (Å²) >= 11 is 0. The lowest BCUT2D eigenvalue weighted by atomic mass is 9.87. The van der Waals surface area contributed by atoms with E-state index in [0.717, 1.165) is 0 Å². The van der Waals surface area contributed by atoms with E-state index in [4.69, 9.17) is 0 Å². The van der Waals surface area contributed by atoms with Gasteiger partial charge in [0.05, 0.1) is 0 Å². The van der Waals surface area contributed by atoms with Gasteiger partial charge in [0.25, 0.3) is 0 Å². The van der Waals surface area contributed by atoms with Gasteiger partial charge in [-0.15, -0.1) is 0 Å². The summed E-state index contributed by atoms with van der Waals surface area (Å²) in [4.78, 5) is 0. The summed E-state index contributed by atoms with van der Waals surface area (Å²) in [6.07, 6.45) is 19.5. The van der Waals surface area contributed by atoms with Gasteiger partial charge in [0, 0.05) is 0 Å². The SMILES string of the molecule is CCCCCCCCCCCCC/C=C(\C)C(C)(C)C. The van der Waals surface area contributed by atoms with Crippen LogP contribution in [0.25, 0.3) is 0 Å². The van der Waals surface area contributed by atoms with Crippen LogP contribution in [0.5, 0.6) is 0 Å². The van der Waals surface area contributed by atoms with Crippen LogP contribution in [0.2, 0.25) is 0 Å². The Bertz CT molecular complexity index is 229. The Balaban J connectivity index is 3.25. The highest BCUT2D eigenvalue weighted by Gasteiger charge is 2.11. The van der Waals surface area contributed by atoms with Crippen molar-refractivity contribution in [3.63, 3.8) is 0 Å². The Labute approximate surface area is 129 Å². The van der Waals surface area contributed by atoms with Crippen molar-refractivity contribution < 1.29 is 0 Å². The maximum absolute atomic E-state index is 2.45. The molecule has 20 heavy (non-hydrogen) atoms. The first-order chi connectivity index (χ1) is 9.48. The molecule has 0 radical (unpaired) electrons. The highest BCUT2D eigenvalue weighted by molar-refractivity contribution is 5.06. The van der Waals surface area contributed by atoms with E-state index in [1.807, 2.05) is 0 Å². The van der Waals surface area contributed by atoms with Crippen molar-refractivity contribution in [3.05, 3.63) is 11.6 Å². The van der Waals surface area contributed by atoms with Gasteiger partial charge in [-0.1, -0.05) is 104 Å². The van der Waals surface area contributed by atoms with Crippen LogP contribution in [0.1, 0.15) is 112 Å². The predicted octanol–water partition coefficient (Wildman–Crippen LogP) is 7.68. The summed E-state index contributed by atoms with van der Waals surface area (Å²) < 4.78 is 0. The van der Waals surface area contributed by atoms with Crippen LogP contribution in [0.15, 0.2) is 11.6 Å². The highest BCUT2D eigenvalue weighted by Crippen LogP contribution is 2.25. The standard InChI is InChI=1S/C20H40/c1-6-7-8-9-10-11-12-13-14-15-16-17-18-19(2)20(3,4)5/h18H,6-17H2,1-5H3/b19-18+. The number of allylic oxidation sites excluding steroid dienone is 2. The molecule has 0 aliphatic heterocycles. The summed E-state index contributed by atoms with van der Waals surface area (Å²) in [7, 11) is 0. The number of hydrogen-bond donors (Lipinski definition) is 0. The van der Waals surface area contributed by atoms with Crippen LogP contribution in [0.4, 0.5) is 0 Å². The normalized spacial score (nSPS) is 12.9. The predicted molar refractivity (Wildman–Crippen MR) is 94.3 cm³/mol. The smallest absolute Gasteiger partial charge is 0.0176 e. The number of unbranched alkanes of at least 4 members (excludes halogenated alkanes) is 11. The third kappa shape index (κ3) is 12.8. The van der Waals surface area contributed by atoms with Gasteiger partial charge >= 0.3 is 0 Å². The van der Waals surface area contributed by atoms with Crippen molar-refractivity contribution in [2.75, 3.05) is 0 Å². The first-order valence-electron chi connectivity index (χ1n) is 9.15. The molecule has 0 heteroatoms.